The van der Waals surface area contributed by atoms with E-state index in [9.17, 15) is 36.0 Å². The summed E-state index contributed by atoms with van der Waals surface area (Å²) in [5, 5.41) is 19.5. The van der Waals surface area contributed by atoms with Crippen LogP contribution in [-0.2, 0) is 31.2 Å². The van der Waals surface area contributed by atoms with Gasteiger partial charge in [0.15, 0.2) is 11.6 Å². The summed E-state index contributed by atoms with van der Waals surface area (Å²) in [6.45, 7) is 6.62. The van der Waals surface area contributed by atoms with E-state index in [4.69, 9.17) is 15.0 Å². The molecule has 7 N–H and O–H groups in total. The largest absolute Gasteiger partial charge is 0.417 e. The Labute approximate surface area is 403 Å². The number of amides is 3. The van der Waals surface area contributed by atoms with Gasteiger partial charge in [-0.05, 0) is 137 Å². The van der Waals surface area contributed by atoms with Gasteiger partial charge in [-0.15, -0.1) is 12.4 Å². The van der Waals surface area contributed by atoms with Crippen molar-refractivity contribution in [3.63, 3.8) is 0 Å². The van der Waals surface area contributed by atoms with Crippen LogP contribution in [0.5, 0.6) is 5.75 Å². The number of ether oxygens (including phenoxy) is 1. The van der Waals surface area contributed by atoms with Crippen molar-refractivity contribution >= 4 is 79.3 Å². The van der Waals surface area contributed by atoms with Crippen molar-refractivity contribution in [2.45, 2.75) is 50.4 Å². The van der Waals surface area contributed by atoms with Gasteiger partial charge in [-0.3, -0.25) is 23.5 Å². The second kappa shape index (κ2) is 21.3. The third-order valence-electron chi connectivity index (χ3n) is 12.6. The summed E-state index contributed by atoms with van der Waals surface area (Å²) in [7, 11) is -7.53. The average molecular weight is 988 g/mol. The maximum Gasteiger partial charge on any atom is 0.417 e. The maximum atomic E-state index is 12.7. The van der Waals surface area contributed by atoms with E-state index in [2.05, 4.69) is 16.0 Å². The van der Waals surface area contributed by atoms with Crippen molar-refractivity contribution in [2.24, 2.45) is 10.3 Å². The number of rotatable bonds is 7. The van der Waals surface area contributed by atoms with Gasteiger partial charge in [-0.1, -0.05) is 54.6 Å². The van der Waals surface area contributed by atoms with E-state index in [0.717, 1.165) is 42.7 Å². The molecule has 9 rings (SSSR count). The van der Waals surface area contributed by atoms with Crippen molar-refractivity contribution in [1.82, 2.24) is 10.2 Å². The molecule has 0 aliphatic carbocycles. The Balaban J connectivity index is 0.000000175. The number of nitrogens with zero attached hydrogens (tertiary/aromatic N) is 3. The van der Waals surface area contributed by atoms with Crippen molar-refractivity contribution in [2.75, 3.05) is 58.5 Å². The Morgan fingerprint density at radius 1 is 0.574 bits per heavy atom. The molecule has 360 valence electrons. The molecular weight excluding hydrogens is 932 g/mol. The van der Waals surface area contributed by atoms with Crippen LogP contribution in [0.25, 0.3) is 0 Å². The number of carbonyl (C=O) groups excluding carboxylic acids is 4. The molecule has 0 unspecified atom stereocenters. The van der Waals surface area contributed by atoms with Crippen LogP contribution in [0.15, 0.2) is 127 Å². The van der Waals surface area contributed by atoms with Gasteiger partial charge in [0, 0.05) is 59.5 Å². The first-order valence-corrected chi connectivity index (χ1v) is 24.7. The maximum absolute atomic E-state index is 12.7. The lowest BCUT2D eigenvalue weighted by Crippen LogP contribution is -2.49. The highest BCUT2D eigenvalue weighted by Gasteiger charge is 2.48. The fourth-order valence-corrected chi connectivity index (χ4v) is 10.8. The van der Waals surface area contributed by atoms with Gasteiger partial charge in [0.2, 0.25) is 0 Å². The third-order valence-corrected chi connectivity index (χ3v) is 14.5. The van der Waals surface area contributed by atoms with Gasteiger partial charge in [0.25, 0.3) is 20.4 Å². The molecule has 0 saturated carbocycles. The van der Waals surface area contributed by atoms with Gasteiger partial charge < -0.3 is 20.3 Å². The van der Waals surface area contributed by atoms with Crippen LogP contribution in [0, 0.1) is 0 Å². The van der Waals surface area contributed by atoms with Gasteiger partial charge in [0.05, 0.1) is 11.4 Å². The molecule has 0 radical (unpaired) electrons. The number of carbonyl (C=O) groups is 4. The molecule has 2 fully saturated rings. The summed E-state index contributed by atoms with van der Waals surface area (Å²) in [6.07, 6.45) is 2.63. The third kappa shape index (κ3) is 11.8. The highest BCUT2D eigenvalue weighted by molar-refractivity contribution is 7.90. The molecule has 5 aromatic rings. The number of piperidine rings is 2. The molecule has 2 spiro atoms. The number of ketones is 2. The zero-order valence-corrected chi connectivity index (χ0v) is 40.0. The van der Waals surface area contributed by atoms with Crippen LogP contribution in [-0.4, -0.2) is 84.7 Å². The van der Waals surface area contributed by atoms with Crippen molar-refractivity contribution in [3.05, 3.63) is 150 Å². The van der Waals surface area contributed by atoms with Crippen LogP contribution in [0.3, 0.4) is 0 Å². The summed E-state index contributed by atoms with van der Waals surface area (Å²) >= 11 is 0. The molecule has 0 bridgehead atoms. The lowest BCUT2D eigenvalue weighted by atomic mass is 9.74. The highest BCUT2D eigenvalue weighted by Crippen LogP contribution is 2.48. The minimum Gasteiger partial charge on any atom is -0.410 e. The molecule has 0 atom stereocenters. The van der Waals surface area contributed by atoms with E-state index in [1.165, 1.54) is 22.5 Å². The predicted molar refractivity (Wildman–Crippen MR) is 265 cm³/mol. The number of Topliss-reactive ketones (excluding diaryl/α,β-unsaturated/α-hetero) is 2. The SMILES string of the molecule is CC(=O)c1ccc(NC(=O)N2CCC3(CC2)CN(S(N)(=O)=O)c2ccccc23)cc1.CC(=O)c1ccc(NC(=O)Oc2ccccc2)cc1.Cl.NS(=O)(=O)N1CC2(CCNCC2)c2ccccc21. The Morgan fingerprint density at radius 2 is 0.985 bits per heavy atom. The predicted octanol–water partition coefficient (Wildman–Crippen LogP) is 6.73. The molecule has 4 heterocycles. The molecule has 68 heavy (non-hydrogen) atoms. The first-order chi connectivity index (χ1) is 31.9. The number of nitrogens with one attached hydrogen (secondary N) is 3. The number of likely N-dealkylation sites (tertiary alicyclic amines) is 1. The van der Waals surface area contributed by atoms with Crippen molar-refractivity contribution in [1.29, 1.82) is 0 Å². The lowest BCUT2D eigenvalue weighted by Gasteiger charge is -2.39. The lowest BCUT2D eigenvalue weighted by molar-refractivity contribution is 0.100. The molecule has 17 nitrogen and oxygen atoms in total. The average Bonchev–Trinajstić information content (AvgIpc) is 3.81. The Hall–Kier alpha value is -6.35. The van der Waals surface area contributed by atoms with Crippen molar-refractivity contribution in [3.8, 4) is 5.75 Å². The first kappa shape index (κ1) is 51.0. The standard InChI is InChI=1S/C21H24N4O4S.C15H13NO3.C12H17N3O2S.ClH/c1-15(26)16-6-8-17(9-7-16)23-20(27)24-12-10-21(11-13-24)14-25(30(22,28)29)19-5-3-2-4-18(19)21;1-11(17)12-7-9-13(10-8-12)16-15(18)19-14-5-3-2-4-6-14;13-18(16,17)15-9-12(5-7-14-8-6-12)10-3-1-2-4-11(10)15;/h2-9H,10-14H2,1H3,(H,23,27)(H2,22,28,29);2-10H,1H3,(H,16,18);1-4,14H,5-9H2,(H2,13,16,17);1H. The molecule has 0 aromatic heterocycles. The second-order valence-electron chi connectivity index (χ2n) is 17.0. The number of hydrogen-bond acceptors (Lipinski definition) is 10. The fraction of sp³-hybridized carbons (Fsp3) is 0.292. The van der Waals surface area contributed by atoms with E-state index in [1.54, 1.807) is 89.8 Å². The zero-order valence-electron chi connectivity index (χ0n) is 37.6. The van der Waals surface area contributed by atoms with E-state index in [1.807, 2.05) is 42.5 Å². The second-order valence-corrected chi connectivity index (χ2v) is 19.9. The summed E-state index contributed by atoms with van der Waals surface area (Å²) in [6, 6.07) is 37.1. The van der Waals surface area contributed by atoms with Crippen LogP contribution < -0.4 is 39.6 Å². The summed E-state index contributed by atoms with van der Waals surface area (Å²) in [5.74, 6) is 0.429. The molecule has 4 aliphatic heterocycles. The van der Waals surface area contributed by atoms with Crippen molar-refractivity contribution < 1.29 is 40.8 Å². The smallest absolute Gasteiger partial charge is 0.410 e. The zero-order chi connectivity index (χ0) is 48.0. The first-order valence-electron chi connectivity index (χ1n) is 21.7. The number of benzene rings is 5. The van der Waals surface area contributed by atoms with Crippen LogP contribution >= 0.6 is 12.4 Å². The van der Waals surface area contributed by atoms with Gasteiger partial charge in [0.1, 0.15) is 5.75 Å². The highest BCUT2D eigenvalue weighted by atomic mass is 35.5. The Kier molecular flexibility index (Phi) is 16.0. The van der Waals surface area contributed by atoms with E-state index in [-0.39, 0.29) is 40.8 Å². The van der Waals surface area contributed by atoms with E-state index >= 15 is 0 Å². The van der Waals surface area contributed by atoms with Gasteiger partial charge >= 0.3 is 12.1 Å². The molecule has 20 heteroatoms. The quantitative estimate of drug-likeness (QED) is 0.108. The summed E-state index contributed by atoms with van der Waals surface area (Å²) in [4.78, 5) is 48.5. The molecule has 5 aromatic carbocycles. The number of hydrogen-bond donors (Lipinski definition) is 5. The van der Waals surface area contributed by atoms with Crippen LogP contribution in [0.2, 0.25) is 0 Å². The van der Waals surface area contributed by atoms with Crippen LogP contribution in [0.4, 0.5) is 32.3 Å². The van der Waals surface area contributed by atoms with Gasteiger partial charge in [-0.25, -0.2) is 19.9 Å². The van der Waals surface area contributed by atoms with E-state index in [0.29, 0.717) is 73.0 Å². The number of anilines is 4. The Bertz CT molecular complexity index is 2840. The monoisotopic (exact) mass is 986 g/mol. The van der Waals surface area contributed by atoms with Gasteiger partial charge in [-0.2, -0.15) is 16.8 Å². The summed E-state index contributed by atoms with van der Waals surface area (Å²) in [5.41, 5.74) is 5.46. The number of para-hydroxylation sites is 3. The van der Waals surface area contributed by atoms with E-state index < -0.39 is 26.5 Å². The topological polar surface area (TPSA) is 244 Å². The minimum absolute atomic E-state index is 0. The number of halogens is 1. The normalized spacial score (nSPS) is 16.4. The molecule has 3 amide bonds. The summed E-state index contributed by atoms with van der Waals surface area (Å²) < 4.78 is 55.3. The fourth-order valence-electron chi connectivity index (χ4n) is 9.04. The molecule has 4 aliphatic rings. The molecule has 2 saturated heterocycles. The Morgan fingerprint density at radius 3 is 1.43 bits per heavy atom. The number of urea groups is 1. The molecular formula is C48H55ClN8O9S2. The number of nitrogens with two attached hydrogens (primary N) is 2. The minimum atomic E-state index is -3.86. The van der Waals surface area contributed by atoms with Crippen LogP contribution in [0.1, 0.15) is 71.4 Å². The number of fused-ring (bicyclic) bond motifs is 4.